The number of likely N-dealkylation sites (tertiary alicyclic amines) is 1. The Bertz CT molecular complexity index is 909. The molecule has 1 aliphatic heterocycles. The monoisotopic (exact) mass is 447 g/mol. The molecule has 1 N–H and O–H groups in total. The molecule has 152 valence electrons. The number of thiocarbonyl (C=S) groups is 1. The van der Waals surface area contributed by atoms with Crippen LogP contribution in [0, 0.1) is 0 Å². The van der Waals surface area contributed by atoms with Crippen LogP contribution >= 0.6 is 35.4 Å². The fourth-order valence-electron chi connectivity index (χ4n) is 3.54. The van der Waals surface area contributed by atoms with Gasteiger partial charge in [0.1, 0.15) is 0 Å². The lowest BCUT2D eigenvalue weighted by Gasteiger charge is -2.25. The fourth-order valence-corrected chi connectivity index (χ4v) is 3.97. The number of aryl methyl sites for hydroxylation is 1. The number of carbonyl (C=O) groups is 1. The summed E-state index contributed by atoms with van der Waals surface area (Å²) in [6, 6.07) is 13.1. The molecule has 7 heteroatoms. The van der Waals surface area contributed by atoms with Gasteiger partial charge in [-0.1, -0.05) is 41.4 Å². The summed E-state index contributed by atoms with van der Waals surface area (Å²) in [6.45, 7) is 2.91. The minimum Gasteiger partial charge on any atom is -0.348 e. The van der Waals surface area contributed by atoms with Gasteiger partial charge in [-0.05, 0) is 80.0 Å². The van der Waals surface area contributed by atoms with Gasteiger partial charge in [0.25, 0.3) is 0 Å². The molecule has 1 amide bonds. The molecule has 3 rings (SSSR count). The van der Waals surface area contributed by atoms with E-state index in [1.165, 1.54) is 12.8 Å². The first-order chi connectivity index (χ1) is 14.0. The normalized spacial score (nSPS) is 15.0. The molecule has 0 aliphatic carbocycles. The van der Waals surface area contributed by atoms with Crippen molar-refractivity contribution in [3.8, 4) is 0 Å². The molecule has 29 heavy (non-hydrogen) atoms. The molecule has 0 aromatic heterocycles. The molecule has 2 aromatic carbocycles. The van der Waals surface area contributed by atoms with Crippen LogP contribution in [-0.4, -0.2) is 35.6 Å². The van der Waals surface area contributed by atoms with Gasteiger partial charge in [-0.25, -0.2) is 0 Å². The van der Waals surface area contributed by atoms with Crippen molar-refractivity contribution in [3.63, 3.8) is 0 Å². The zero-order chi connectivity index (χ0) is 20.6. The van der Waals surface area contributed by atoms with Gasteiger partial charge in [-0.15, -0.1) is 0 Å². The average Bonchev–Trinajstić information content (AvgIpc) is 3.22. The minimum atomic E-state index is -0.102. The summed E-state index contributed by atoms with van der Waals surface area (Å²) in [5, 5.41) is 6.62. The van der Waals surface area contributed by atoms with Gasteiger partial charge < -0.3 is 10.2 Å². The topological polar surface area (TPSA) is 44.7 Å². The molecule has 1 heterocycles. The van der Waals surface area contributed by atoms with Gasteiger partial charge in [0, 0.05) is 13.0 Å². The molecule has 0 bridgehead atoms. The fraction of sp³-hybridized carbons (Fsp3) is 0.364. The molecule has 1 aliphatic rings. The Kier molecular flexibility index (Phi) is 8.22. The summed E-state index contributed by atoms with van der Waals surface area (Å²) in [4.78, 5) is 19.2. The highest BCUT2D eigenvalue weighted by Gasteiger charge is 2.21. The van der Waals surface area contributed by atoms with Crippen molar-refractivity contribution < 1.29 is 4.79 Å². The van der Waals surface area contributed by atoms with E-state index in [9.17, 15) is 4.79 Å². The molecule has 0 radical (unpaired) electrons. The Morgan fingerprint density at radius 2 is 1.97 bits per heavy atom. The predicted octanol–water partition coefficient (Wildman–Crippen LogP) is 5.61. The van der Waals surface area contributed by atoms with Crippen molar-refractivity contribution in [2.24, 2.45) is 4.99 Å². The van der Waals surface area contributed by atoms with Gasteiger partial charge in [0.05, 0.1) is 26.9 Å². The average molecular weight is 448 g/mol. The van der Waals surface area contributed by atoms with E-state index in [0.717, 1.165) is 36.4 Å². The lowest BCUT2D eigenvalue weighted by Crippen LogP contribution is -2.37. The van der Waals surface area contributed by atoms with Crippen molar-refractivity contribution >= 4 is 52.2 Å². The first-order valence-electron chi connectivity index (χ1n) is 9.68. The highest BCUT2D eigenvalue weighted by molar-refractivity contribution is 7.78. The van der Waals surface area contributed by atoms with Crippen LogP contribution in [0.3, 0.4) is 0 Å². The third kappa shape index (κ3) is 6.63. The maximum atomic E-state index is 12.7. The second-order valence-electron chi connectivity index (χ2n) is 7.17. The number of halogens is 2. The van der Waals surface area contributed by atoms with E-state index in [1.807, 2.05) is 36.4 Å². The van der Waals surface area contributed by atoms with Crippen molar-refractivity contribution in [2.75, 3.05) is 19.6 Å². The van der Waals surface area contributed by atoms with Crippen LogP contribution in [0.1, 0.15) is 36.4 Å². The number of nitrogens with one attached hydrogen (secondary N) is 1. The summed E-state index contributed by atoms with van der Waals surface area (Å²) in [5.41, 5.74) is 2.75. The van der Waals surface area contributed by atoms with E-state index in [0.29, 0.717) is 22.9 Å². The van der Waals surface area contributed by atoms with Crippen LogP contribution in [0.15, 0.2) is 47.5 Å². The maximum absolute atomic E-state index is 12.7. The Labute approximate surface area is 186 Å². The van der Waals surface area contributed by atoms with Crippen LogP contribution in [0.5, 0.6) is 0 Å². The van der Waals surface area contributed by atoms with Crippen molar-refractivity contribution in [1.82, 2.24) is 10.2 Å². The van der Waals surface area contributed by atoms with E-state index < -0.39 is 0 Å². The SMILES string of the molecule is O=C(CCc1ccc(Cl)c(Cl)c1)N[C@H](CN1CCCC1)c1cccc(N=C=S)c1. The molecule has 4 nitrogen and oxygen atoms in total. The largest absolute Gasteiger partial charge is 0.348 e. The number of hydrogen-bond donors (Lipinski definition) is 1. The first kappa shape index (κ1) is 21.9. The summed E-state index contributed by atoms with van der Waals surface area (Å²) < 4.78 is 0. The molecule has 0 saturated carbocycles. The van der Waals surface area contributed by atoms with Crippen molar-refractivity contribution in [3.05, 3.63) is 63.6 Å². The number of nitrogens with zero attached hydrogens (tertiary/aromatic N) is 2. The van der Waals surface area contributed by atoms with E-state index in [1.54, 1.807) is 6.07 Å². The zero-order valence-electron chi connectivity index (χ0n) is 16.0. The summed E-state index contributed by atoms with van der Waals surface area (Å²) >= 11 is 16.7. The van der Waals surface area contributed by atoms with Crippen LogP contribution < -0.4 is 5.32 Å². The molecular weight excluding hydrogens is 425 g/mol. The zero-order valence-corrected chi connectivity index (χ0v) is 18.4. The molecular formula is C22H23Cl2N3OS. The quantitative estimate of drug-likeness (QED) is 0.422. The smallest absolute Gasteiger partial charge is 0.220 e. The second-order valence-corrected chi connectivity index (χ2v) is 8.17. The van der Waals surface area contributed by atoms with Crippen molar-refractivity contribution in [2.45, 2.75) is 31.7 Å². The molecule has 1 atom stereocenters. The highest BCUT2D eigenvalue weighted by atomic mass is 35.5. The minimum absolute atomic E-state index is 0.00371. The number of hydrogen-bond acceptors (Lipinski definition) is 4. The Hall–Kier alpha value is -1.75. The molecule has 1 saturated heterocycles. The van der Waals surface area contributed by atoms with Gasteiger partial charge >= 0.3 is 0 Å². The van der Waals surface area contributed by atoms with E-state index >= 15 is 0 Å². The highest BCUT2D eigenvalue weighted by Crippen LogP contribution is 2.24. The number of aliphatic imine (C=N–C) groups is 1. The number of amides is 1. The third-order valence-electron chi connectivity index (χ3n) is 5.05. The third-order valence-corrected chi connectivity index (χ3v) is 5.88. The molecule has 2 aromatic rings. The van der Waals surface area contributed by atoms with Gasteiger partial charge in [-0.2, -0.15) is 4.99 Å². The van der Waals surface area contributed by atoms with E-state index in [4.69, 9.17) is 35.4 Å². The van der Waals surface area contributed by atoms with Crippen LogP contribution in [0.25, 0.3) is 0 Å². The second kappa shape index (κ2) is 10.9. The number of isothiocyanates is 1. The lowest BCUT2D eigenvalue weighted by atomic mass is 10.0. The Morgan fingerprint density at radius 3 is 2.69 bits per heavy atom. The predicted molar refractivity (Wildman–Crippen MR) is 122 cm³/mol. The number of carbonyl (C=O) groups excluding carboxylic acids is 1. The Balaban J connectivity index is 1.68. The first-order valence-corrected chi connectivity index (χ1v) is 10.8. The maximum Gasteiger partial charge on any atom is 0.220 e. The van der Waals surface area contributed by atoms with Gasteiger partial charge in [-0.3, -0.25) is 4.79 Å². The number of benzene rings is 2. The Morgan fingerprint density at radius 1 is 1.17 bits per heavy atom. The van der Waals surface area contributed by atoms with Gasteiger partial charge in [0.15, 0.2) is 0 Å². The van der Waals surface area contributed by atoms with Crippen LogP contribution in [0.2, 0.25) is 10.0 Å². The van der Waals surface area contributed by atoms with Crippen LogP contribution in [-0.2, 0) is 11.2 Å². The summed E-state index contributed by atoms with van der Waals surface area (Å²) in [6.07, 6.45) is 3.39. The van der Waals surface area contributed by atoms with Gasteiger partial charge in [0.2, 0.25) is 5.91 Å². The van der Waals surface area contributed by atoms with Crippen molar-refractivity contribution in [1.29, 1.82) is 0 Å². The molecule has 0 unspecified atom stereocenters. The lowest BCUT2D eigenvalue weighted by molar-refractivity contribution is -0.121. The van der Waals surface area contributed by atoms with E-state index in [-0.39, 0.29) is 11.9 Å². The summed E-state index contributed by atoms with van der Waals surface area (Å²) in [7, 11) is 0. The summed E-state index contributed by atoms with van der Waals surface area (Å²) in [5.74, 6) is 0.00371. The number of rotatable bonds is 8. The standard InChI is InChI=1S/C22H23Cl2N3OS/c23-19-8-6-16(12-20(19)24)7-9-22(28)26-21(14-27-10-1-2-11-27)17-4-3-5-18(13-17)25-15-29/h3-6,8,12-13,21H,1-2,7,9-11,14H2,(H,26,28)/t21-/m1/s1. The van der Waals surface area contributed by atoms with E-state index in [2.05, 4.69) is 20.4 Å². The van der Waals surface area contributed by atoms with Crippen LogP contribution in [0.4, 0.5) is 5.69 Å². The molecule has 0 spiro atoms. The molecule has 1 fully saturated rings.